The molecule has 4 aromatic rings. The average Bonchev–Trinajstić information content (AvgIpc) is 3.14. The van der Waals surface area contributed by atoms with E-state index in [0.717, 1.165) is 36.7 Å². The number of likely N-dealkylation sites (tertiary alicyclic amines) is 1. The third kappa shape index (κ3) is 4.27. The molecule has 1 amide bonds. The smallest absolute Gasteiger partial charge is 0.295 e. The highest BCUT2D eigenvalue weighted by molar-refractivity contribution is 5.97. The zero-order chi connectivity index (χ0) is 22.6. The first-order chi connectivity index (χ1) is 16.2. The Bertz CT molecular complexity index is 1280. The summed E-state index contributed by atoms with van der Waals surface area (Å²) in [5.41, 5.74) is 2.80. The minimum atomic E-state index is -0.445. The molecule has 1 fully saturated rings. The van der Waals surface area contributed by atoms with Crippen molar-refractivity contribution in [3.63, 3.8) is 0 Å². The van der Waals surface area contributed by atoms with Gasteiger partial charge < -0.3 is 5.11 Å². The number of benzene rings is 2. The maximum atomic E-state index is 12.4. The Balaban J connectivity index is 1.48. The lowest BCUT2D eigenvalue weighted by atomic mass is 9.97. The number of aromatic hydroxyl groups is 1. The van der Waals surface area contributed by atoms with E-state index in [1.54, 1.807) is 30.5 Å². The molecule has 33 heavy (non-hydrogen) atoms. The van der Waals surface area contributed by atoms with Gasteiger partial charge in [0.15, 0.2) is 5.69 Å². The summed E-state index contributed by atoms with van der Waals surface area (Å²) in [5.74, 6) is -0.434. The van der Waals surface area contributed by atoms with Crippen LogP contribution in [0, 0.1) is 0 Å². The minimum absolute atomic E-state index is 0.0105. The molecule has 1 aliphatic rings. The number of aromatic nitrogens is 2. The van der Waals surface area contributed by atoms with Crippen LogP contribution in [0.3, 0.4) is 0 Å². The van der Waals surface area contributed by atoms with Crippen molar-refractivity contribution in [2.75, 3.05) is 6.54 Å². The van der Waals surface area contributed by atoms with Gasteiger partial charge in [-0.25, -0.2) is 0 Å². The van der Waals surface area contributed by atoms with Gasteiger partial charge in [0.2, 0.25) is 5.88 Å². The van der Waals surface area contributed by atoms with Crippen LogP contribution in [-0.2, 0) is 6.67 Å². The van der Waals surface area contributed by atoms with Crippen LogP contribution in [0.2, 0.25) is 0 Å². The van der Waals surface area contributed by atoms with Gasteiger partial charge in [-0.1, -0.05) is 48.9 Å². The summed E-state index contributed by atoms with van der Waals surface area (Å²) in [4.78, 5) is 19.1. The first-order valence-electron chi connectivity index (χ1n) is 11.2. The van der Waals surface area contributed by atoms with Crippen LogP contribution in [0.15, 0.2) is 89.4 Å². The number of carbonyl (C=O) groups excluding carboxylic acids is 1. The first kappa shape index (κ1) is 21.0. The Morgan fingerprint density at radius 2 is 1.85 bits per heavy atom. The number of carbonyl (C=O) groups is 1. The topological polar surface area (TPSA) is 83.1 Å². The number of azo groups is 1. The van der Waals surface area contributed by atoms with Gasteiger partial charge in [-0.2, -0.15) is 0 Å². The molecule has 7 heteroatoms. The molecule has 2 aromatic carbocycles. The van der Waals surface area contributed by atoms with Gasteiger partial charge >= 0.3 is 0 Å². The number of rotatable bonds is 5. The van der Waals surface area contributed by atoms with Crippen LogP contribution in [-0.4, -0.2) is 32.0 Å². The molecule has 0 saturated carbocycles. The van der Waals surface area contributed by atoms with Crippen molar-refractivity contribution >= 4 is 22.5 Å². The summed E-state index contributed by atoms with van der Waals surface area (Å²) >= 11 is 0. The van der Waals surface area contributed by atoms with Gasteiger partial charge in [-0.15, -0.1) is 10.2 Å². The van der Waals surface area contributed by atoms with Crippen LogP contribution >= 0.6 is 0 Å². The van der Waals surface area contributed by atoms with E-state index < -0.39 is 5.91 Å². The van der Waals surface area contributed by atoms with E-state index in [4.69, 9.17) is 0 Å². The zero-order valence-electron chi connectivity index (χ0n) is 18.2. The van der Waals surface area contributed by atoms with Gasteiger partial charge in [0.1, 0.15) is 0 Å². The molecular weight excluding hydrogens is 414 g/mol. The van der Waals surface area contributed by atoms with Crippen LogP contribution < -0.4 is 0 Å². The van der Waals surface area contributed by atoms with Crippen molar-refractivity contribution in [3.8, 4) is 5.88 Å². The monoisotopic (exact) mass is 439 g/mol. The summed E-state index contributed by atoms with van der Waals surface area (Å²) in [5, 5.41) is 20.0. The highest BCUT2D eigenvalue weighted by Crippen LogP contribution is 2.40. The highest BCUT2D eigenvalue weighted by atomic mass is 16.3. The molecule has 2 aromatic heterocycles. The maximum absolute atomic E-state index is 12.4. The van der Waals surface area contributed by atoms with E-state index in [2.05, 4.69) is 26.2 Å². The van der Waals surface area contributed by atoms with E-state index in [0.29, 0.717) is 17.9 Å². The maximum Gasteiger partial charge on any atom is 0.295 e. The molecule has 1 N–H and O–H groups in total. The van der Waals surface area contributed by atoms with E-state index in [-0.39, 0.29) is 11.9 Å². The molecular formula is C26H25N5O2. The number of piperidine rings is 1. The third-order valence-corrected chi connectivity index (χ3v) is 6.18. The second kappa shape index (κ2) is 9.34. The fraction of sp³-hybridized carbons (Fsp3) is 0.231. The standard InChI is InChI=1S/C26H25N5O2/c32-25(19-9-2-1-3-10-19)29-28-24-21-12-4-5-14-23(21)31(26(24)33)18-30-16-7-6-13-22(30)20-11-8-15-27-17-20/h1-5,8-12,14-15,17,22,33H,6-7,13,16,18H2/t22-/m1/s1. The third-order valence-electron chi connectivity index (χ3n) is 6.18. The number of hydrogen-bond donors (Lipinski definition) is 1. The Morgan fingerprint density at radius 3 is 2.67 bits per heavy atom. The first-order valence-corrected chi connectivity index (χ1v) is 11.2. The fourth-order valence-corrected chi connectivity index (χ4v) is 4.54. The number of para-hydroxylation sites is 1. The van der Waals surface area contributed by atoms with Gasteiger partial charge in [0.25, 0.3) is 5.91 Å². The summed E-state index contributed by atoms with van der Waals surface area (Å²) in [6, 6.07) is 20.8. The second-order valence-electron chi connectivity index (χ2n) is 8.24. The van der Waals surface area contributed by atoms with Crippen molar-refractivity contribution in [1.29, 1.82) is 0 Å². The molecule has 1 aliphatic heterocycles. The lowest BCUT2D eigenvalue weighted by Gasteiger charge is -2.36. The Hall–Kier alpha value is -3.84. The predicted molar refractivity (Wildman–Crippen MR) is 126 cm³/mol. The number of fused-ring (bicyclic) bond motifs is 1. The molecule has 1 atom stereocenters. The molecule has 0 unspecified atom stereocenters. The highest BCUT2D eigenvalue weighted by Gasteiger charge is 2.26. The van der Waals surface area contributed by atoms with Gasteiger partial charge in [-0.3, -0.25) is 19.2 Å². The van der Waals surface area contributed by atoms with Crippen molar-refractivity contribution in [1.82, 2.24) is 14.5 Å². The summed E-state index contributed by atoms with van der Waals surface area (Å²) in [7, 11) is 0. The Labute approximate surface area is 192 Å². The number of hydrogen-bond acceptors (Lipinski definition) is 5. The molecule has 0 spiro atoms. The van der Waals surface area contributed by atoms with Crippen LogP contribution in [0.1, 0.15) is 41.2 Å². The van der Waals surface area contributed by atoms with Crippen molar-refractivity contribution in [2.24, 2.45) is 10.2 Å². The number of pyridine rings is 1. The Morgan fingerprint density at radius 1 is 1.03 bits per heavy atom. The largest absolute Gasteiger partial charge is 0.493 e. The molecule has 5 rings (SSSR count). The average molecular weight is 440 g/mol. The van der Waals surface area contributed by atoms with E-state index >= 15 is 0 Å². The molecule has 0 radical (unpaired) electrons. The lowest BCUT2D eigenvalue weighted by Crippen LogP contribution is -2.34. The predicted octanol–water partition coefficient (Wildman–Crippen LogP) is 5.85. The molecule has 166 valence electrons. The Kier molecular flexibility index (Phi) is 5.95. The van der Waals surface area contributed by atoms with Gasteiger partial charge in [0, 0.05) is 35.9 Å². The van der Waals surface area contributed by atoms with Crippen LogP contribution in [0.5, 0.6) is 5.88 Å². The second-order valence-corrected chi connectivity index (χ2v) is 8.24. The van der Waals surface area contributed by atoms with Crippen molar-refractivity contribution in [2.45, 2.75) is 32.0 Å². The van der Waals surface area contributed by atoms with Crippen LogP contribution in [0.25, 0.3) is 10.9 Å². The number of nitrogens with zero attached hydrogens (tertiary/aromatic N) is 5. The zero-order valence-corrected chi connectivity index (χ0v) is 18.2. The summed E-state index contributed by atoms with van der Waals surface area (Å²) < 4.78 is 1.85. The number of amides is 1. The van der Waals surface area contributed by atoms with E-state index in [1.165, 1.54) is 5.56 Å². The van der Waals surface area contributed by atoms with Crippen LogP contribution in [0.4, 0.5) is 5.69 Å². The van der Waals surface area contributed by atoms with E-state index in [1.807, 2.05) is 47.2 Å². The van der Waals surface area contributed by atoms with Crippen molar-refractivity contribution in [3.05, 3.63) is 90.3 Å². The lowest BCUT2D eigenvalue weighted by molar-refractivity contribution is 0.0995. The normalized spacial score (nSPS) is 17.0. The van der Waals surface area contributed by atoms with E-state index in [9.17, 15) is 9.90 Å². The SMILES string of the molecule is O=C(N=Nc1c(O)n(CN2CCCC[C@@H]2c2cccnc2)c2ccccc12)c1ccccc1. The molecule has 7 nitrogen and oxygen atoms in total. The summed E-state index contributed by atoms with van der Waals surface area (Å²) in [6.45, 7) is 1.43. The van der Waals surface area contributed by atoms with Crippen molar-refractivity contribution < 1.29 is 9.90 Å². The minimum Gasteiger partial charge on any atom is -0.493 e. The van der Waals surface area contributed by atoms with Gasteiger partial charge in [-0.05, 0) is 42.7 Å². The molecule has 0 bridgehead atoms. The summed E-state index contributed by atoms with van der Waals surface area (Å²) in [6.07, 6.45) is 7.02. The quantitative estimate of drug-likeness (QED) is 0.395. The molecule has 3 heterocycles. The molecule has 0 aliphatic carbocycles. The fourth-order valence-electron chi connectivity index (χ4n) is 4.54. The van der Waals surface area contributed by atoms with Gasteiger partial charge in [0.05, 0.1) is 12.2 Å². The molecule has 1 saturated heterocycles.